The topological polar surface area (TPSA) is 75.6 Å². The summed E-state index contributed by atoms with van der Waals surface area (Å²) >= 11 is 0. The zero-order valence-electron chi connectivity index (χ0n) is 11.7. The first-order chi connectivity index (χ1) is 9.98. The van der Waals surface area contributed by atoms with Gasteiger partial charge in [-0.3, -0.25) is 0 Å². The SMILES string of the molecule is CCOCCS(=O)(=O)NCc1cc(C#CCO)ccc1F. The molecule has 1 aromatic rings. The molecule has 0 bridgehead atoms. The molecule has 0 amide bonds. The van der Waals surface area contributed by atoms with E-state index in [2.05, 4.69) is 16.6 Å². The zero-order chi connectivity index (χ0) is 15.7. The summed E-state index contributed by atoms with van der Waals surface area (Å²) in [6.45, 7) is 1.85. The van der Waals surface area contributed by atoms with Gasteiger partial charge in [-0.15, -0.1) is 0 Å². The van der Waals surface area contributed by atoms with Gasteiger partial charge in [0, 0.05) is 24.3 Å². The molecule has 116 valence electrons. The average Bonchev–Trinajstić information content (AvgIpc) is 2.45. The van der Waals surface area contributed by atoms with Gasteiger partial charge in [-0.05, 0) is 25.1 Å². The third-order valence-corrected chi connectivity index (χ3v) is 3.83. The second-order valence-electron chi connectivity index (χ2n) is 4.10. The molecule has 5 nitrogen and oxygen atoms in total. The molecule has 0 fully saturated rings. The molecule has 1 aromatic carbocycles. The van der Waals surface area contributed by atoms with Crippen molar-refractivity contribution >= 4 is 10.0 Å². The highest BCUT2D eigenvalue weighted by Gasteiger charge is 2.11. The van der Waals surface area contributed by atoms with Crippen LogP contribution in [0.3, 0.4) is 0 Å². The van der Waals surface area contributed by atoms with Crippen molar-refractivity contribution in [3.8, 4) is 11.8 Å². The van der Waals surface area contributed by atoms with E-state index < -0.39 is 15.8 Å². The summed E-state index contributed by atoms with van der Waals surface area (Å²) in [6, 6.07) is 4.12. The molecule has 0 aromatic heterocycles. The van der Waals surface area contributed by atoms with Crippen LogP contribution < -0.4 is 4.72 Å². The van der Waals surface area contributed by atoms with Crippen molar-refractivity contribution in [1.29, 1.82) is 0 Å². The van der Waals surface area contributed by atoms with E-state index in [4.69, 9.17) is 9.84 Å². The van der Waals surface area contributed by atoms with E-state index in [-0.39, 0.29) is 31.1 Å². The van der Waals surface area contributed by atoms with Crippen LogP contribution in [0.2, 0.25) is 0 Å². The smallest absolute Gasteiger partial charge is 0.214 e. The van der Waals surface area contributed by atoms with Crippen LogP contribution in [0.25, 0.3) is 0 Å². The highest BCUT2D eigenvalue weighted by molar-refractivity contribution is 7.89. The fraction of sp³-hybridized carbons (Fsp3) is 0.429. The van der Waals surface area contributed by atoms with E-state index in [1.807, 2.05) is 0 Å². The molecule has 0 aliphatic heterocycles. The van der Waals surface area contributed by atoms with E-state index in [9.17, 15) is 12.8 Å². The lowest BCUT2D eigenvalue weighted by Gasteiger charge is -2.08. The van der Waals surface area contributed by atoms with E-state index in [1.54, 1.807) is 6.92 Å². The lowest BCUT2D eigenvalue weighted by molar-refractivity contribution is 0.163. The fourth-order valence-corrected chi connectivity index (χ4v) is 2.36. The monoisotopic (exact) mass is 315 g/mol. The second-order valence-corrected chi connectivity index (χ2v) is 6.03. The Bertz CT molecular complexity index is 620. The summed E-state index contributed by atoms with van der Waals surface area (Å²) in [5.74, 6) is 4.39. The summed E-state index contributed by atoms with van der Waals surface area (Å²) < 4.78 is 44.2. The Hall–Kier alpha value is -1.46. The van der Waals surface area contributed by atoms with E-state index in [0.717, 1.165) is 0 Å². The zero-order valence-corrected chi connectivity index (χ0v) is 12.5. The van der Waals surface area contributed by atoms with Gasteiger partial charge in [0.05, 0.1) is 12.4 Å². The summed E-state index contributed by atoms with van der Waals surface area (Å²) in [5, 5.41) is 8.61. The molecule has 0 atom stereocenters. The summed E-state index contributed by atoms with van der Waals surface area (Å²) in [5.41, 5.74) is 0.702. The van der Waals surface area contributed by atoms with Gasteiger partial charge in [0.25, 0.3) is 0 Å². The average molecular weight is 315 g/mol. The van der Waals surface area contributed by atoms with Crippen LogP contribution >= 0.6 is 0 Å². The standard InChI is InChI=1S/C14H18FNO4S/c1-2-20-8-9-21(18,19)16-11-13-10-12(4-3-7-17)5-6-14(13)15/h5-6,10,16-17H,2,7-9,11H2,1H3. The lowest BCUT2D eigenvalue weighted by atomic mass is 10.1. The number of halogens is 1. The molecule has 0 unspecified atom stereocenters. The molecule has 0 saturated heterocycles. The Labute approximate surface area is 124 Å². The Kier molecular flexibility index (Phi) is 7.32. The van der Waals surface area contributed by atoms with Crippen molar-refractivity contribution in [3.05, 3.63) is 35.1 Å². The Balaban J connectivity index is 2.70. The molecule has 7 heteroatoms. The normalized spacial score (nSPS) is 11.0. The van der Waals surface area contributed by atoms with Crippen LogP contribution in [0, 0.1) is 17.7 Å². The molecule has 0 heterocycles. The van der Waals surface area contributed by atoms with Crippen LogP contribution in [-0.4, -0.2) is 39.1 Å². The minimum Gasteiger partial charge on any atom is -0.384 e. The summed E-state index contributed by atoms with van der Waals surface area (Å²) in [6.07, 6.45) is 0. The molecular weight excluding hydrogens is 297 g/mol. The number of aliphatic hydroxyl groups excluding tert-OH is 1. The van der Waals surface area contributed by atoms with Gasteiger partial charge < -0.3 is 9.84 Å². The van der Waals surface area contributed by atoms with Gasteiger partial charge in [0.1, 0.15) is 12.4 Å². The molecule has 0 aliphatic rings. The third-order valence-electron chi connectivity index (χ3n) is 2.54. The molecule has 1 rings (SSSR count). The highest BCUT2D eigenvalue weighted by Crippen LogP contribution is 2.10. The summed E-state index contributed by atoms with van der Waals surface area (Å²) in [7, 11) is -3.52. The number of benzene rings is 1. The number of ether oxygens (including phenoxy) is 1. The Morgan fingerprint density at radius 2 is 2.19 bits per heavy atom. The van der Waals surface area contributed by atoms with Crippen molar-refractivity contribution in [2.45, 2.75) is 13.5 Å². The third kappa shape index (κ3) is 6.69. The van der Waals surface area contributed by atoms with Crippen LogP contribution in [0.5, 0.6) is 0 Å². The number of hydrogen-bond donors (Lipinski definition) is 2. The molecule has 2 N–H and O–H groups in total. The fourth-order valence-electron chi connectivity index (χ4n) is 1.50. The maximum atomic E-state index is 13.6. The Morgan fingerprint density at radius 3 is 2.86 bits per heavy atom. The first-order valence-corrected chi connectivity index (χ1v) is 8.07. The van der Waals surface area contributed by atoms with Crippen molar-refractivity contribution < 1.29 is 22.7 Å². The Morgan fingerprint density at radius 1 is 1.43 bits per heavy atom. The van der Waals surface area contributed by atoms with Gasteiger partial charge in [-0.25, -0.2) is 17.5 Å². The van der Waals surface area contributed by atoms with Gasteiger partial charge in [0.15, 0.2) is 0 Å². The van der Waals surface area contributed by atoms with Crippen LogP contribution in [0.1, 0.15) is 18.1 Å². The predicted octanol–water partition coefficient (Wildman–Crippen LogP) is 0.625. The van der Waals surface area contributed by atoms with E-state index >= 15 is 0 Å². The number of hydrogen-bond acceptors (Lipinski definition) is 4. The molecule has 0 spiro atoms. The van der Waals surface area contributed by atoms with Crippen molar-refractivity contribution in [1.82, 2.24) is 4.72 Å². The molecular formula is C14H18FNO4S. The van der Waals surface area contributed by atoms with Gasteiger partial charge >= 0.3 is 0 Å². The van der Waals surface area contributed by atoms with Crippen LogP contribution in [0.4, 0.5) is 4.39 Å². The molecule has 0 saturated carbocycles. The van der Waals surface area contributed by atoms with Gasteiger partial charge in [-0.2, -0.15) is 0 Å². The first-order valence-electron chi connectivity index (χ1n) is 6.41. The van der Waals surface area contributed by atoms with E-state index in [1.165, 1.54) is 18.2 Å². The minimum absolute atomic E-state index is 0.0936. The van der Waals surface area contributed by atoms with Gasteiger partial charge in [0.2, 0.25) is 10.0 Å². The molecule has 0 aliphatic carbocycles. The minimum atomic E-state index is -3.52. The number of aliphatic hydroxyl groups is 1. The highest BCUT2D eigenvalue weighted by atomic mass is 32.2. The first kappa shape index (κ1) is 17.6. The maximum Gasteiger partial charge on any atom is 0.214 e. The maximum absolute atomic E-state index is 13.6. The summed E-state index contributed by atoms with van der Waals surface area (Å²) in [4.78, 5) is 0. The van der Waals surface area contributed by atoms with Crippen molar-refractivity contribution in [3.63, 3.8) is 0 Å². The number of rotatable bonds is 7. The van der Waals surface area contributed by atoms with Crippen LogP contribution in [0.15, 0.2) is 18.2 Å². The van der Waals surface area contributed by atoms with Crippen molar-refractivity contribution in [2.75, 3.05) is 25.6 Å². The second kappa shape index (κ2) is 8.74. The molecule has 21 heavy (non-hydrogen) atoms. The van der Waals surface area contributed by atoms with Crippen LogP contribution in [-0.2, 0) is 21.3 Å². The number of sulfonamides is 1. The van der Waals surface area contributed by atoms with Gasteiger partial charge in [-0.1, -0.05) is 11.8 Å². The predicted molar refractivity (Wildman–Crippen MR) is 77.5 cm³/mol. The number of nitrogens with one attached hydrogen (secondary N) is 1. The lowest BCUT2D eigenvalue weighted by Crippen LogP contribution is -2.28. The molecule has 0 radical (unpaired) electrons. The van der Waals surface area contributed by atoms with Crippen molar-refractivity contribution in [2.24, 2.45) is 0 Å². The van der Waals surface area contributed by atoms with E-state index in [0.29, 0.717) is 12.2 Å². The quantitative estimate of drug-likeness (QED) is 0.571. The largest absolute Gasteiger partial charge is 0.384 e.